The maximum Gasteiger partial charge on any atom is 0.238 e. The predicted octanol–water partition coefficient (Wildman–Crippen LogP) is 5.00. The smallest absolute Gasteiger partial charge is 0.238 e. The van der Waals surface area contributed by atoms with Gasteiger partial charge >= 0.3 is 0 Å². The maximum atomic E-state index is 7.42. The van der Waals surface area contributed by atoms with E-state index in [9.17, 15) is 0 Å². The second-order valence-electron chi connectivity index (χ2n) is 8.41. The first-order chi connectivity index (χ1) is 15.1. The molecule has 5 heteroatoms. The van der Waals surface area contributed by atoms with E-state index in [1.54, 1.807) is 12.1 Å². The van der Waals surface area contributed by atoms with Crippen LogP contribution in [-0.4, -0.2) is 22.3 Å². The van der Waals surface area contributed by atoms with Gasteiger partial charge in [0.05, 0.1) is 1.37 Å². The van der Waals surface area contributed by atoms with Crippen molar-refractivity contribution >= 4 is 0 Å². The Hall–Kier alpha value is -2.92. The van der Waals surface area contributed by atoms with E-state index in [4.69, 9.17) is 16.6 Å². The molecule has 2 N–H and O–H groups in total. The zero-order valence-electron chi connectivity index (χ0n) is 18.0. The molecule has 5 nitrogen and oxygen atoms in total. The average molecular weight is 403 g/mol. The minimum atomic E-state index is 0.0303. The second kappa shape index (κ2) is 8.07. The molecule has 0 bridgehead atoms. The summed E-state index contributed by atoms with van der Waals surface area (Å²) >= 11 is 0. The number of nitrogens with two attached hydrogens (primary N) is 1. The van der Waals surface area contributed by atoms with Crippen LogP contribution in [0.3, 0.4) is 0 Å². The maximum absolute atomic E-state index is 7.42. The summed E-state index contributed by atoms with van der Waals surface area (Å²) < 4.78 is 19.2. The number of hydrogen-bond acceptors (Lipinski definition) is 5. The summed E-state index contributed by atoms with van der Waals surface area (Å²) in [4.78, 5) is 0. The average Bonchev–Trinajstić information content (AvgIpc) is 3.26. The molecule has 1 heterocycles. The van der Waals surface area contributed by atoms with Gasteiger partial charge in [0.25, 0.3) is 0 Å². The van der Waals surface area contributed by atoms with Gasteiger partial charge in [0.2, 0.25) is 5.88 Å². The molecule has 2 saturated carbocycles. The molecule has 2 fully saturated rings. The largest absolute Gasteiger partial charge is 0.490 e. The number of benzene rings is 2. The first kappa shape index (κ1) is 17.9. The Morgan fingerprint density at radius 3 is 2.10 bits per heavy atom. The Morgan fingerprint density at radius 1 is 0.900 bits per heavy atom. The number of ether oxygens (including phenoxy) is 2. The van der Waals surface area contributed by atoms with Gasteiger partial charge in [0.1, 0.15) is 17.6 Å². The number of rotatable bonds is 6. The zero-order chi connectivity index (χ0) is 21.3. The van der Waals surface area contributed by atoms with Crippen molar-refractivity contribution in [3.05, 3.63) is 78.0 Å². The lowest BCUT2D eigenvalue weighted by atomic mass is 9.73. The van der Waals surface area contributed by atoms with Gasteiger partial charge in [-0.05, 0) is 67.1 Å². The molecular weight excluding hydrogens is 374 g/mol. The minimum absolute atomic E-state index is 0.0303. The van der Waals surface area contributed by atoms with E-state index in [0.29, 0.717) is 17.7 Å². The van der Waals surface area contributed by atoms with Crippen molar-refractivity contribution in [3.8, 4) is 17.4 Å². The fourth-order valence-corrected chi connectivity index (χ4v) is 4.74. The standard InChI is InChI=1S/C25H27N3O2/c26-20-16-23(17-20)29-21-9-5-18(6-10-21)25(13-1-2-14-25)19-7-11-22(12-8-19)30-24-4-3-15-27-28-24/h3-12,15,20,23H,1-2,13-14,16-17,26H2/i15D. The van der Waals surface area contributed by atoms with Crippen molar-refractivity contribution in [2.24, 2.45) is 5.73 Å². The fraction of sp³-hybridized carbons (Fsp3) is 0.360. The lowest BCUT2D eigenvalue weighted by Gasteiger charge is -2.33. The number of hydrogen-bond donors (Lipinski definition) is 1. The molecule has 3 aromatic rings. The highest BCUT2D eigenvalue weighted by Gasteiger charge is 2.37. The molecule has 1 aromatic heterocycles. The molecular formula is C25H27N3O2. The first-order valence-electron chi connectivity index (χ1n) is 11.2. The highest BCUT2D eigenvalue weighted by atomic mass is 16.5. The molecule has 2 aliphatic carbocycles. The zero-order valence-corrected chi connectivity index (χ0v) is 17.0. The Balaban J connectivity index is 1.34. The van der Waals surface area contributed by atoms with E-state index >= 15 is 0 Å². The van der Waals surface area contributed by atoms with Crippen LogP contribution in [0, 0.1) is 0 Å². The van der Waals surface area contributed by atoms with Crippen molar-refractivity contribution in [2.45, 2.75) is 56.1 Å². The SMILES string of the molecule is [2H]c1ccc(Oc2ccc(C3(c4ccc(OC5CC(N)C5)cc4)CCCC3)cc2)nn1. The van der Waals surface area contributed by atoms with Gasteiger partial charge in [-0.1, -0.05) is 37.1 Å². The Labute approximate surface area is 178 Å². The van der Waals surface area contributed by atoms with Gasteiger partial charge in [0, 0.05) is 23.7 Å². The molecule has 30 heavy (non-hydrogen) atoms. The topological polar surface area (TPSA) is 70.3 Å². The van der Waals surface area contributed by atoms with E-state index in [2.05, 4.69) is 46.6 Å². The molecule has 0 unspecified atom stereocenters. The van der Waals surface area contributed by atoms with E-state index in [-0.39, 0.29) is 17.7 Å². The van der Waals surface area contributed by atoms with Crippen molar-refractivity contribution in [1.82, 2.24) is 10.2 Å². The molecule has 2 aromatic carbocycles. The molecule has 0 radical (unpaired) electrons. The van der Waals surface area contributed by atoms with Crippen LogP contribution in [0.4, 0.5) is 0 Å². The Bertz CT molecular complexity index is 1010. The fourth-order valence-electron chi connectivity index (χ4n) is 4.74. The highest BCUT2D eigenvalue weighted by molar-refractivity contribution is 5.44. The third-order valence-corrected chi connectivity index (χ3v) is 6.43. The second-order valence-corrected chi connectivity index (χ2v) is 8.41. The summed E-state index contributed by atoms with van der Waals surface area (Å²) in [6.07, 6.45) is 7.01. The van der Waals surface area contributed by atoms with Crippen LogP contribution in [0.2, 0.25) is 0 Å². The van der Waals surface area contributed by atoms with Gasteiger partial charge in [-0.2, -0.15) is 5.10 Å². The molecule has 2 aliphatic rings. The van der Waals surface area contributed by atoms with Gasteiger partial charge in [-0.15, -0.1) is 5.10 Å². The quantitative estimate of drug-likeness (QED) is 0.628. The molecule has 0 atom stereocenters. The summed E-state index contributed by atoms with van der Waals surface area (Å²) in [6, 6.07) is 20.5. The molecule has 154 valence electrons. The normalized spacial score (nSPS) is 22.8. The lowest BCUT2D eigenvalue weighted by Crippen LogP contribution is -2.43. The van der Waals surface area contributed by atoms with E-state index < -0.39 is 0 Å². The summed E-state index contributed by atoms with van der Waals surface area (Å²) in [5, 5.41) is 7.62. The molecule has 0 saturated heterocycles. The van der Waals surface area contributed by atoms with Gasteiger partial charge in [-0.3, -0.25) is 0 Å². The van der Waals surface area contributed by atoms with E-state index in [1.165, 1.54) is 24.0 Å². The van der Waals surface area contributed by atoms with Crippen LogP contribution in [0.25, 0.3) is 0 Å². The third kappa shape index (κ3) is 3.77. The van der Waals surface area contributed by atoms with Gasteiger partial charge in [0.15, 0.2) is 0 Å². The first-order valence-corrected chi connectivity index (χ1v) is 10.7. The molecule has 0 aliphatic heterocycles. The van der Waals surface area contributed by atoms with E-state index in [0.717, 1.165) is 31.4 Å². The lowest BCUT2D eigenvalue weighted by molar-refractivity contribution is 0.101. The monoisotopic (exact) mass is 402 g/mol. The van der Waals surface area contributed by atoms with Crippen LogP contribution in [-0.2, 0) is 5.41 Å². The predicted molar refractivity (Wildman–Crippen MR) is 116 cm³/mol. The van der Waals surface area contributed by atoms with Crippen LogP contribution in [0.15, 0.2) is 66.8 Å². The highest BCUT2D eigenvalue weighted by Crippen LogP contribution is 2.47. The third-order valence-electron chi connectivity index (χ3n) is 6.43. The van der Waals surface area contributed by atoms with Crippen molar-refractivity contribution in [3.63, 3.8) is 0 Å². The summed E-state index contributed by atoms with van der Waals surface area (Å²) in [5.74, 6) is 2.03. The van der Waals surface area contributed by atoms with Crippen molar-refractivity contribution in [2.75, 3.05) is 0 Å². The molecule has 5 rings (SSSR count). The van der Waals surface area contributed by atoms with Gasteiger partial charge in [-0.25, -0.2) is 0 Å². The van der Waals surface area contributed by atoms with E-state index in [1.807, 2.05) is 12.1 Å². The number of aromatic nitrogens is 2. The van der Waals surface area contributed by atoms with Crippen molar-refractivity contribution in [1.29, 1.82) is 0 Å². The molecule has 0 spiro atoms. The molecule has 0 amide bonds. The summed E-state index contributed by atoms with van der Waals surface area (Å²) in [7, 11) is 0. The van der Waals surface area contributed by atoms with Crippen LogP contribution >= 0.6 is 0 Å². The Kier molecular flexibility index (Phi) is 4.82. The van der Waals surface area contributed by atoms with Crippen molar-refractivity contribution < 1.29 is 10.8 Å². The minimum Gasteiger partial charge on any atom is -0.490 e. The number of nitrogens with zero attached hydrogens (tertiary/aromatic N) is 2. The van der Waals surface area contributed by atoms with Gasteiger partial charge < -0.3 is 15.2 Å². The van der Waals surface area contributed by atoms with Crippen LogP contribution in [0.5, 0.6) is 17.4 Å². The van der Waals surface area contributed by atoms with Crippen LogP contribution < -0.4 is 15.2 Å². The summed E-state index contributed by atoms with van der Waals surface area (Å²) in [6.45, 7) is 0. The Morgan fingerprint density at radius 2 is 1.53 bits per heavy atom. The summed E-state index contributed by atoms with van der Waals surface area (Å²) in [5.41, 5.74) is 8.55. The van der Waals surface area contributed by atoms with Crippen LogP contribution in [0.1, 0.15) is 51.0 Å².